The van der Waals surface area contributed by atoms with Crippen molar-refractivity contribution in [1.29, 1.82) is 0 Å². The van der Waals surface area contributed by atoms with Gasteiger partial charge in [0.15, 0.2) is 47.7 Å². The van der Waals surface area contributed by atoms with Gasteiger partial charge in [0.05, 0.1) is 23.9 Å². The number of carboxylic acid groups (broad SMARTS) is 1. The highest BCUT2D eigenvalue weighted by molar-refractivity contribution is 6.41. The van der Waals surface area contributed by atoms with Crippen LogP contribution >= 0.6 is 0 Å². The third-order valence-electron chi connectivity index (χ3n) is 15.9. The Morgan fingerprint density at radius 1 is 0.287 bits per heavy atom. The maximum absolute atomic E-state index is 14.9. The van der Waals surface area contributed by atoms with E-state index in [0.717, 1.165) is 0 Å². The number of primary amides is 1. The van der Waals surface area contributed by atoms with Gasteiger partial charge in [0.25, 0.3) is 0 Å². The highest BCUT2D eigenvalue weighted by atomic mass is 16.4. The van der Waals surface area contributed by atoms with Crippen LogP contribution in [0.15, 0.2) is 39.9 Å². The van der Waals surface area contributed by atoms with Crippen molar-refractivity contribution in [3.05, 3.63) is 0 Å². The number of hydrogen-bond donors (Lipinski definition) is 28. The van der Waals surface area contributed by atoms with Crippen LogP contribution in [-0.4, -0.2) is 230 Å². The largest absolute Gasteiger partial charge is 0.481 e. The number of ketones is 2. The van der Waals surface area contributed by atoms with Crippen LogP contribution in [0.2, 0.25) is 0 Å². The molecule has 48 heteroatoms. The van der Waals surface area contributed by atoms with Gasteiger partial charge in [-0.25, -0.2) is 10.2 Å². The zero-order valence-electron chi connectivity index (χ0n) is 62.2. The van der Waals surface area contributed by atoms with Gasteiger partial charge in [0, 0.05) is 65.3 Å². The molecule has 0 fully saturated rings. The fourth-order valence-electron chi connectivity index (χ4n) is 10.6. The Hall–Kier alpha value is -12.0. The summed E-state index contributed by atoms with van der Waals surface area (Å²) in [6.45, 7) is 3.98. The molecule has 0 aliphatic rings. The van der Waals surface area contributed by atoms with E-state index in [1.807, 2.05) is 0 Å². The van der Waals surface area contributed by atoms with Crippen LogP contribution < -0.4 is 151 Å². The smallest absolute Gasteiger partial charge is 0.312 e. The average Bonchev–Trinajstić information content (AvgIpc) is 0.860. The first kappa shape index (κ1) is 116. The molecule has 7 unspecified atom stereocenters. The molecule has 664 valence electrons. The Balaban J connectivity index is -0.00000389. The Morgan fingerprint density at radius 3 is 0.713 bits per heavy atom. The molecule has 0 aromatic heterocycles. The SMILES string of the molecule is C.C.C.C.C.C.CCC(CC(C(=O)O)C(CC)C(=O)NNC(CCCN=C(N)N)C(=O)N[C@@H](CCCN=C(N)N)C(=O)NC(CCCN=C(N)N)C(=O)N[C@@H](CCCN=C(N)N)C(=O)NC(CCCN=C(N)N)C(=O)N[C@@H](CCCN=C(N)N)C(=O)NC(CCCN=C(N)N)C(=O)C(=O)[C@H](CCCN=C(N)N)NC(N)=O)NC(C)=O. The molecule has 115 heavy (non-hydrogen) atoms. The molecule has 0 aromatic carbocycles. The number of guanidine groups is 8. The van der Waals surface area contributed by atoms with Gasteiger partial charge < -0.3 is 145 Å². The van der Waals surface area contributed by atoms with Crippen molar-refractivity contribution in [3.8, 4) is 0 Å². The number of amides is 10. The number of aliphatic imine (C=N–C) groups is 8. The first-order chi connectivity index (χ1) is 51.3. The van der Waals surface area contributed by atoms with E-state index >= 15 is 0 Å². The predicted molar refractivity (Wildman–Crippen MR) is 450 cm³/mol. The van der Waals surface area contributed by atoms with E-state index in [1.54, 1.807) is 13.8 Å². The zero-order valence-corrected chi connectivity index (χ0v) is 62.2. The number of aliphatic carboxylic acids is 1. The monoisotopic (exact) mass is 1650 g/mol. The lowest BCUT2D eigenvalue weighted by Crippen LogP contribution is -2.60. The third-order valence-corrected chi connectivity index (χ3v) is 15.9. The molecule has 48 nitrogen and oxygen atoms in total. The van der Waals surface area contributed by atoms with E-state index in [9.17, 15) is 62.6 Å². The summed E-state index contributed by atoms with van der Waals surface area (Å²) in [5.74, 6) is -15.9. The Bertz CT molecular complexity index is 3190. The van der Waals surface area contributed by atoms with Gasteiger partial charge in [-0.2, -0.15) is 0 Å². The number of hydrogen-bond acceptors (Lipinski definition) is 21. The molecule has 0 bridgehead atoms. The van der Waals surface area contributed by atoms with Crippen molar-refractivity contribution in [1.82, 2.24) is 53.4 Å². The quantitative estimate of drug-likeness (QED) is 0.00884. The molecule has 0 aliphatic heterocycles. The second-order valence-electron chi connectivity index (χ2n) is 24.9. The zero-order chi connectivity index (χ0) is 82.7. The van der Waals surface area contributed by atoms with Gasteiger partial charge >= 0.3 is 12.0 Å². The number of carbonyl (C=O) groups excluding carboxylic acids is 11. The standard InChI is InChI=1S/C61H119N35O13.6CH4/c1-4-32(87-31(3)97)30-34(52(107)108)33(5-2)45(100)96-95-42(21-13-29-86-60(76)77)51(106)93-41(20-12-28-85-59(74)75)50(105)92-40(19-11-27-84-58(72)73)49(104)91-39(18-10-26-83-57(70)71)48(103)90-38(17-9-25-82-56(68)69)47(102)89-37(16-8-24-81-55(66)67)46(101)88-35(14-6-22-79-53(62)63)43(98)44(99)36(94-61(78)109)15-7-23-80-54(64)65;;;;;;/h32-42,95H,4-30H2,1-3H3,(H,87,97)(H,88,101)(H,89,102)(H,90,103)(H,91,104)(H,92,105)(H,93,106)(H,96,100)(H,107,108)(H4,62,63,79)(H4,64,65,80)(H4,66,67,81)(H4,68,69,82)(H4,70,71,83)(H4,72,73,84)(H4,74,75,85)(H4,76,77,86)(H3,78,94,109);6*1H4/t32?,33?,34?,35?,36-,37-,38?,39-,40?,41-,42?;;;;;;/m0....../s1. The molecule has 0 aliphatic carbocycles. The number of hydrazine groups is 1. The van der Waals surface area contributed by atoms with Crippen molar-refractivity contribution in [2.24, 2.45) is 149 Å². The van der Waals surface area contributed by atoms with Crippen LogP contribution in [0.5, 0.6) is 0 Å². The summed E-state index contributed by atoms with van der Waals surface area (Å²) < 4.78 is 0. The number of urea groups is 1. The molecular formula is C67H143N35O13. The second-order valence-corrected chi connectivity index (χ2v) is 24.9. The minimum absolute atomic E-state index is 0. The van der Waals surface area contributed by atoms with Crippen LogP contribution in [0.4, 0.5) is 4.79 Å². The number of nitrogens with one attached hydrogen (secondary N) is 10. The molecule has 11 atom stereocenters. The Kier molecular flexibility index (Phi) is 66.2. The molecular weight excluding hydrogens is 1500 g/mol. The number of nitrogens with two attached hydrogens (primary N) is 17. The topological polar surface area (TPSA) is 887 Å². The molecule has 0 aromatic rings. The second kappa shape index (κ2) is 65.5. The molecule has 0 heterocycles. The maximum Gasteiger partial charge on any atom is 0.312 e. The summed E-state index contributed by atoms with van der Waals surface area (Å²) in [5.41, 5.74) is 99.5. The number of rotatable bonds is 58. The van der Waals surface area contributed by atoms with Gasteiger partial charge in [0.1, 0.15) is 36.3 Å². The van der Waals surface area contributed by atoms with Crippen LogP contribution in [0, 0.1) is 11.8 Å². The van der Waals surface area contributed by atoms with E-state index in [1.165, 1.54) is 6.92 Å². The molecule has 0 spiro atoms. The highest BCUT2D eigenvalue weighted by Crippen LogP contribution is 2.24. The summed E-state index contributed by atoms with van der Waals surface area (Å²) in [6.07, 6.45) is -1.51. The Labute approximate surface area is 675 Å². The molecule has 10 amide bonds. The number of nitrogens with zero attached hydrogens (tertiary/aromatic N) is 8. The van der Waals surface area contributed by atoms with Crippen LogP contribution in [0.1, 0.15) is 187 Å². The fourth-order valence-corrected chi connectivity index (χ4v) is 10.6. The predicted octanol–water partition coefficient (Wildman–Crippen LogP) is -7.66. The van der Waals surface area contributed by atoms with Crippen molar-refractivity contribution in [3.63, 3.8) is 0 Å². The van der Waals surface area contributed by atoms with E-state index in [-0.39, 0.29) is 260 Å². The van der Waals surface area contributed by atoms with Crippen molar-refractivity contribution < 1.29 is 62.6 Å². The number of carboxylic acids is 1. The van der Waals surface area contributed by atoms with E-state index in [2.05, 4.69) is 93.3 Å². The molecule has 0 rings (SSSR count). The summed E-state index contributed by atoms with van der Waals surface area (Å²) in [4.78, 5) is 199. The van der Waals surface area contributed by atoms with Gasteiger partial charge in [0.2, 0.25) is 58.8 Å². The average molecular weight is 1650 g/mol. The normalized spacial score (nSPS) is 13.0. The lowest BCUT2D eigenvalue weighted by atomic mass is 9.84. The van der Waals surface area contributed by atoms with Crippen molar-refractivity contribution in [2.45, 2.75) is 242 Å². The number of Topliss-reactive ketones (excluding diaryl/α,β-unsaturated/α-hetero) is 2. The summed E-state index contributed by atoms with van der Waals surface area (Å²) in [6, 6.07) is -14.3. The highest BCUT2D eigenvalue weighted by Gasteiger charge is 2.38. The lowest BCUT2D eigenvalue weighted by Gasteiger charge is -2.28. The first-order valence-corrected chi connectivity index (χ1v) is 35.3. The minimum Gasteiger partial charge on any atom is -0.481 e. The summed E-state index contributed by atoms with van der Waals surface area (Å²) in [5, 5.41) is 30.9. The molecule has 0 saturated carbocycles. The van der Waals surface area contributed by atoms with Gasteiger partial charge in [-0.3, -0.25) is 98.1 Å². The first-order valence-electron chi connectivity index (χ1n) is 35.3. The maximum atomic E-state index is 14.9. The van der Waals surface area contributed by atoms with Gasteiger partial charge in [-0.15, -0.1) is 0 Å². The summed E-state index contributed by atoms with van der Waals surface area (Å²) in [7, 11) is 0. The molecule has 0 radical (unpaired) electrons. The van der Waals surface area contributed by atoms with E-state index in [4.69, 9.17) is 97.5 Å². The number of carbonyl (C=O) groups is 12. The molecule has 0 saturated heterocycles. The van der Waals surface area contributed by atoms with Crippen LogP contribution in [0.3, 0.4) is 0 Å². The van der Waals surface area contributed by atoms with E-state index in [0.29, 0.717) is 6.42 Å². The minimum atomic E-state index is -1.67. The fraction of sp³-hybridized carbons (Fsp3) is 0.701. The van der Waals surface area contributed by atoms with Crippen molar-refractivity contribution in [2.75, 3.05) is 52.4 Å². The van der Waals surface area contributed by atoms with Crippen LogP contribution in [0.25, 0.3) is 0 Å². The lowest BCUT2D eigenvalue weighted by molar-refractivity contribution is -0.148. The third kappa shape index (κ3) is 54.3. The Morgan fingerprint density at radius 2 is 0.504 bits per heavy atom. The van der Waals surface area contributed by atoms with Gasteiger partial charge in [-0.05, 0) is 122 Å². The summed E-state index contributed by atoms with van der Waals surface area (Å²) >= 11 is 0. The van der Waals surface area contributed by atoms with Crippen LogP contribution in [-0.2, 0) is 52.7 Å². The van der Waals surface area contributed by atoms with Gasteiger partial charge in [-0.1, -0.05) is 58.4 Å². The van der Waals surface area contributed by atoms with Crippen molar-refractivity contribution >= 4 is 119 Å². The van der Waals surface area contributed by atoms with E-state index < -0.39 is 137 Å². The molecule has 45 N–H and O–H groups in total.